The summed E-state index contributed by atoms with van der Waals surface area (Å²) in [7, 11) is 4.23. The second-order valence-electron chi connectivity index (χ2n) is 6.36. The third kappa shape index (κ3) is 2.54. The first-order valence-electron chi connectivity index (χ1n) is 7.21. The largest absolute Gasteiger partial charge is 0.382 e. The van der Waals surface area contributed by atoms with E-state index in [-0.39, 0.29) is 0 Å². The van der Waals surface area contributed by atoms with Gasteiger partial charge in [0.1, 0.15) is 0 Å². The van der Waals surface area contributed by atoms with Gasteiger partial charge >= 0.3 is 0 Å². The molecule has 3 atom stereocenters. The normalized spacial score (nSPS) is 30.1. The van der Waals surface area contributed by atoms with Gasteiger partial charge in [-0.15, -0.1) is 0 Å². The number of rotatable bonds is 4. The summed E-state index contributed by atoms with van der Waals surface area (Å²) in [4.78, 5) is 2.21. The van der Waals surface area contributed by atoms with Gasteiger partial charge in [-0.2, -0.15) is 0 Å². The molecule has 2 nitrogen and oxygen atoms in total. The summed E-state index contributed by atoms with van der Waals surface area (Å²) in [5.41, 5.74) is 2.69. The van der Waals surface area contributed by atoms with Gasteiger partial charge in [0, 0.05) is 18.3 Å². The summed E-state index contributed by atoms with van der Waals surface area (Å²) in [5, 5.41) is 3.74. The third-order valence-corrected chi connectivity index (χ3v) is 4.54. The molecule has 1 aromatic rings. The molecule has 2 fully saturated rings. The van der Waals surface area contributed by atoms with Crippen molar-refractivity contribution in [2.75, 3.05) is 19.4 Å². The van der Waals surface area contributed by atoms with Crippen molar-refractivity contribution >= 4 is 5.69 Å². The van der Waals surface area contributed by atoms with Crippen molar-refractivity contribution in [2.24, 2.45) is 11.8 Å². The molecule has 0 aromatic heterocycles. The molecule has 2 bridgehead atoms. The van der Waals surface area contributed by atoms with Gasteiger partial charge in [-0.3, -0.25) is 0 Å². The second-order valence-corrected chi connectivity index (χ2v) is 6.36. The van der Waals surface area contributed by atoms with Crippen molar-refractivity contribution in [2.45, 2.75) is 38.3 Å². The number of hydrogen-bond acceptors (Lipinski definition) is 2. The maximum absolute atomic E-state index is 3.74. The highest BCUT2D eigenvalue weighted by atomic mass is 15.0. The lowest BCUT2D eigenvalue weighted by Gasteiger charge is -2.24. The predicted molar refractivity (Wildman–Crippen MR) is 76.7 cm³/mol. The van der Waals surface area contributed by atoms with Gasteiger partial charge in [-0.05, 0) is 62.9 Å². The molecule has 2 heteroatoms. The van der Waals surface area contributed by atoms with Crippen molar-refractivity contribution in [3.63, 3.8) is 0 Å². The molecule has 0 spiro atoms. The summed E-state index contributed by atoms with van der Waals surface area (Å²) >= 11 is 0. The summed E-state index contributed by atoms with van der Waals surface area (Å²) in [6.45, 7) is 1.02. The first-order chi connectivity index (χ1) is 8.70. The van der Waals surface area contributed by atoms with E-state index in [1.807, 2.05) is 0 Å². The Labute approximate surface area is 110 Å². The second kappa shape index (κ2) is 4.93. The molecule has 1 aromatic carbocycles. The van der Waals surface area contributed by atoms with Crippen LogP contribution in [-0.2, 0) is 6.54 Å². The molecule has 0 aliphatic heterocycles. The smallest absolute Gasteiger partial charge is 0.0342 e. The zero-order valence-electron chi connectivity index (χ0n) is 11.5. The Hall–Kier alpha value is -1.02. The molecule has 0 amide bonds. The van der Waals surface area contributed by atoms with Crippen LogP contribution in [0.4, 0.5) is 5.69 Å². The van der Waals surface area contributed by atoms with Gasteiger partial charge in [0.15, 0.2) is 0 Å². The molecule has 98 valence electrons. The van der Waals surface area contributed by atoms with Crippen molar-refractivity contribution in [3.05, 3.63) is 29.8 Å². The first kappa shape index (κ1) is 12.0. The molecule has 1 N–H and O–H groups in total. The third-order valence-electron chi connectivity index (χ3n) is 4.54. The van der Waals surface area contributed by atoms with Crippen LogP contribution in [0.15, 0.2) is 24.3 Å². The van der Waals surface area contributed by atoms with E-state index in [1.165, 1.54) is 36.9 Å². The van der Waals surface area contributed by atoms with Gasteiger partial charge in [0.25, 0.3) is 0 Å². The van der Waals surface area contributed by atoms with Gasteiger partial charge in [-0.1, -0.05) is 18.6 Å². The Morgan fingerprint density at radius 3 is 2.44 bits per heavy atom. The fraction of sp³-hybridized carbons (Fsp3) is 0.625. The Kier molecular flexibility index (Phi) is 3.29. The lowest BCUT2D eigenvalue weighted by Crippen LogP contribution is -2.25. The number of anilines is 1. The highest BCUT2D eigenvalue weighted by Crippen LogP contribution is 2.45. The van der Waals surface area contributed by atoms with Crippen LogP contribution in [0.5, 0.6) is 0 Å². The quantitative estimate of drug-likeness (QED) is 0.874. The molecule has 18 heavy (non-hydrogen) atoms. The fourth-order valence-electron chi connectivity index (χ4n) is 3.71. The molecule has 2 saturated carbocycles. The van der Waals surface area contributed by atoms with Gasteiger partial charge < -0.3 is 10.2 Å². The van der Waals surface area contributed by atoms with E-state index < -0.39 is 0 Å². The molecule has 0 radical (unpaired) electrons. The molecular formula is C16H24N2. The molecule has 0 saturated heterocycles. The van der Waals surface area contributed by atoms with Crippen molar-refractivity contribution < 1.29 is 0 Å². The van der Waals surface area contributed by atoms with Crippen LogP contribution in [0.25, 0.3) is 0 Å². The van der Waals surface area contributed by atoms with E-state index in [2.05, 4.69) is 48.6 Å². The van der Waals surface area contributed by atoms with Gasteiger partial charge in [-0.25, -0.2) is 0 Å². The summed E-state index contributed by atoms with van der Waals surface area (Å²) in [5.74, 6) is 1.96. The molecule has 2 aliphatic rings. The number of hydrogen-bond donors (Lipinski definition) is 1. The van der Waals surface area contributed by atoms with E-state index in [9.17, 15) is 0 Å². The number of fused-ring (bicyclic) bond motifs is 2. The van der Waals surface area contributed by atoms with E-state index in [1.54, 1.807) is 0 Å². The van der Waals surface area contributed by atoms with E-state index in [4.69, 9.17) is 0 Å². The number of nitrogens with zero attached hydrogens (tertiary/aromatic N) is 1. The molecule has 3 unspecified atom stereocenters. The monoisotopic (exact) mass is 244 g/mol. The topological polar surface area (TPSA) is 15.3 Å². The Morgan fingerprint density at radius 1 is 1.11 bits per heavy atom. The highest BCUT2D eigenvalue weighted by Gasteiger charge is 2.39. The summed E-state index contributed by atoms with van der Waals surface area (Å²) in [6.07, 6.45) is 5.78. The molecule has 2 aliphatic carbocycles. The Morgan fingerprint density at radius 2 is 1.89 bits per heavy atom. The van der Waals surface area contributed by atoms with Gasteiger partial charge in [0.2, 0.25) is 0 Å². The van der Waals surface area contributed by atoms with Crippen LogP contribution in [0.2, 0.25) is 0 Å². The van der Waals surface area contributed by atoms with Crippen LogP contribution < -0.4 is 5.32 Å². The van der Waals surface area contributed by atoms with E-state index >= 15 is 0 Å². The number of benzene rings is 1. The minimum atomic E-state index is 0.739. The van der Waals surface area contributed by atoms with Crippen molar-refractivity contribution in [1.82, 2.24) is 4.90 Å². The molecular weight excluding hydrogens is 220 g/mol. The van der Waals surface area contributed by atoms with Crippen LogP contribution in [0, 0.1) is 11.8 Å². The molecule has 3 rings (SSSR count). The molecule has 0 heterocycles. The fourth-order valence-corrected chi connectivity index (χ4v) is 3.71. The summed E-state index contributed by atoms with van der Waals surface area (Å²) in [6, 6.07) is 9.71. The predicted octanol–water partition coefficient (Wildman–Crippen LogP) is 3.35. The first-order valence-corrected chi connectivity index (χ1v) is 7.21. The lowest BCUT2D eigenvalue weighted by atomic mass is 9.95. The van der Waals surface area contributed by atoms with Crippen LogP contribution in [0.3, 0.4) is 0 Å². The summed E-state index contributed by atoms with van der Waals surface area (Å²) < 4.78 is 0. The van der Waals surface area contributed by atoms with Crippen molar-refractivity contribution in [3.8, 4) is 0 Å². The zero-order chi connectivity index (χ0) is 12.5. The Bertz CT molecular complexity index is 396. The minimum Gasteiger partial charge on any atom is -0.382 e. The van der Waals surface area contributed by atoms with E-state index in [0.29, 0.717) is 0 Å². The van der Waals surface area contributed by atoms with Crippen LogP contribution in [-0.4, -0.2) is 25.0 Å². The van der Waals surface area contributed by atoms with Crippen LogP contribution >= 0.6 is 0 Å². The Balaban J connectivity index is 1.60. The maximum atomic E-state index is 3.74. The highest BCUT2D eigenvalue weighted by molar-refractivity contribution is 5.46. The SMILES string of the molecule is CN(C)Cc1ccc(NC2CC3CCC2C3)cc1. The number of nitrogens with one attached hydrogen (secondary N) is 1. The van der Waals surface area contributed by atoms with E-state index in [0.717, 1.165) is 24.4 Å². The maximum Gasteiger partial charge on any atom is 0.0342 e. The lowest BCUT2D eigenvalue weighted by molar-refractivity contribution is 0.402. The van der Waals surface area contributed by atoms with Gasteiger partial charge in [0.05, 0.1) is 0 Å². The van der Waals surface area contributed by atoms with Crippen molar-refractivity contribution in [1.29, 1.82) is 0 Å². The minimum absolute atomic E-state index is 0.739. The average molecular weight is 244 g/mol. The standard InChI is InChI=1S/C16H24N2/c1-18(2)11-12-4-7-15(8-5-12)17-16-10-13-3-6-14(16)9-13/h4-5,7-8,13-14,16-17H,3,6,9-11H2,1-2H3. The zero-order valence-corrected chi connectivity index (χ0v) is 11.5. The average Bonchev–Trinajstić information content (AvgIpc) is 2.93. The van der Waals surface area contributed by atoms with Crippen LogP contribution in [0.1, 0.15) is 31.2 Å².